The van der Waals surface area contributed by atoms with E-state index in [1.54, 1.807) is 18.3 Å². The standard InChI is InChI=1S/C15H19N3O2/c19-14(15(20)18-13-2-1-5-16-9-13)17-8-12-7-10-3-4-11(12)6-10/h1-2,5,9-12H,3-4,6-8H2,(H,17,19)(H,18,20). The number of anilines is 1. The molecule has 0 saturated heterocycles. The molecule has 2 saturated carbocycles. The van der Waals surface area contributed by atoms with E-state index >= 15 is 0 Å². The van der Waals surface area contributed by atoms with E-state index in [4.69, 9.17) is 0 Å². The molecule has 0 spiro atoms. The fourth-order valence-electron chi connectivity index (χ4n) is 3.56. The van der Waals surface area contributed by atoms with E-state index < -0.39 is 11.8 Å². The van der Waals surface area contributed by atoms with Gasteiger partial charge in [0.05, 0.1) is 11.9 Å². The molecule has 5 heteroatoms. The number of hydrogen-bond donors (Lipinski definition) is 2. The molecule has 2 fully saturated rings. The Hall–Kier alpha value is -1.91. The molecule has 1 aromatic rings. The number of pyridine rings is 1. The summed E-state index contributed by atoms with van der Waals surface area (Å²) in [5, 5.41) is 5.30. The van der Waals surface area contributed by atoms with Crippen LogP contribution in [0.5, 0.6) is 0 Å². The van der Waals surface area contributed by atoms with Gasteiger partial charge in [-0.3, -0.25) is 14.6 Å². The monoisotopic (exact) mass is 273 g/mol. The number of fused-ring (bicyclic) bond motifs is 2. The Balaban J connectivity index is 1.46. The van der Waals surface area contributed by atoms with Gasteiger partial charge < -0.3 is 10.6 Å². The highest BCUT2D eigenvalue weighted by Crippen LogP contribution is 2.47. The first kappa shape index (κ1) is 13.1. The third kappa shape index (κ3) is 2.81. The van der Waals surface area contributed by atoms with Gasteiger partial charge in [0, 0.05) is 12.7 Å². The van der Waals surface area contributed by atoms with Crippen LogP contribution >= 0.6 is 0 Å². The van der Waals surface area contributed by atoms with Crippen molar-refractivity contribution in [2.75, 3.05) is 11.9 Å². The molecule has 0 aromatic carbocycles. The van der Waals surface area contributed by atoms with E-state index in [1.165, 1.54) is 31.9 Å². The summed E-state index contributed by atoms with van der Waals surface area (Å²) in [4.78, 5) is 27.4. The van der Waals surface area contributed by atoms with Gasteiger partial charge in [-0.2, -0.15) is 0 Å². The number of carbonyl (C=O) groups is 2. The summed E-state index contributed by atoms with van der Waals surface area (Å²) >= 11 is 0. The second-order valence-corrected chi connectivity index (χ2v) is 5.84. The predicted molar refractivity (Wildman–Crippen MR) is 74.8 cm³/mol. The quantitative estimate of drug-likeness (QED) is 0.821. The van der Waals surface area contributed by atoms with Gasteiger partial charge in [0.25, 0.3) is 0 Å². The third-order valence-electron chi connectivity index (χ3n) is 4.53. The minimum atomic E-state index is -0.624. The van der Waals surface area contributed by atoms with Crippen LogP contribution in [-0.4, -0.2) is 23.3 Å². The number of nitrogens with zero attached hydrogens (tertiary/aromatic N) is 1. The maximum Gasteiger partial charge on any atom is 0.313 e. The summed E-state index contributed by atoms with van der Waals surface area (Å²) in [7, 11) is 0. The number of nitrogens with one attached hydrogen (secondary N) is 2. The fraction of sp³-hybridized carbons (Fsp3) is 0.533. The second kappa shape index (κ2) is 5.61. The maximum absolute atomic E-state index is 11.8. The van der Waals surface area contributed by atoms with E-state index in [9.17, 15) is 9.59 Å². The normalized spacial score (nSPS) is 27.3. The van der Waals surface area contributed by atoms with Crippen molar-refractivity contribution >= 4 is 17.5 Å². The zero-order valence-electron chi connectivity index (χ0n) is 11.3. The summed E-state index contributed by atoms with van der Waals surface area (Å²) in [6.45, 7) is 0.625. The van der Waals surface area contributed by atoms with Crippen LogP contribution in [0.25, 0.3) is 0 Å². The highest BCUT2D eigenvalue weighted by atomic mass is 16.2. The Morgan fingerprint density at radius 2 is 2.15 bits per heavy atom. The molecule has 5 nitrogen and oxygen atoms in total. The number of rotatable bonds is 3. The topological polar surface area (TPSA) is 71.1 Å². The molecular weight excluding hydrogens is 254 g/mol. The van der Waals surface area contributed by atoms with Gasteiger partial charge in [0.1, 0.15) is 0 Å². The van der Waals surface area contributed by atoms with Crippen molar-refractivity contribution in [1.29, 1.82) is 0 Å². The van der Waals surface area contributed by atoms with Crippen molar-refractivity contribution in [3.63, 3.8) is 0 Å². The van der Waals surface area contributed by atoms with Crippen LogP contribution in [-0.2, 0) is 9.59 Å². The van der Waals surface area contributed by atoms with Crippen molar-refractivity contribution in [2.45, 2.75) is 25.7 Å². The van der Waals surface area contributed by atoms with Gasteiger partial charge in [-0.1, -0.05) is 6.42 Å². The Bertz CT molecular complexity index is 503. The lowest BCUT2D eigenvalue weighted by Gasteiger charge is -2.21. The number of hydrogen-bond acceptors (Lipinski definition) is 3. The van der Waals surface area contributed by atoms with E-state index in [1.807, 2.05) is 0 Å². The largest absolute Gasteiger partial charge is 0.348 e. The molecule has 1 heterocycles. The first-order valence-corrected chi connectivity index (χ1v) is 7.21. The van der Waals surface area contributed by atoms with Crippen LogP contribution in [0, 0.1) is 17.8 Å². The summed E-state index contributed by atoms with van der Waals surface area (Å²) < 4.78 is 0. The Morgan fingerprint density at radius 3 is 2.80 bits per heavy atom. The second-order valence-electron chi connectivity index (χ2n) is 5.84. The van der Waals surface area contributed by atoms with Crippen LogP contribution in [0.2, 0.25) is 0 Å². The maximum atomic E-state index is 11.8. The smallest absolute Gasteiger partial charge is 0.313 e. The molecule has 0 radical (unpaired) electrons. The van der Waals surface area contributed by atoms with Gasteiger partial charge in [0.2, 0.25) is 0 Å². The van der Waals surface area contributed by atoms with Gasteiger partial charge >= 0.3 is 11.8 Å². The molecule has 106 valence electrons. The zero-order valence-corrected chi connectivity index (χ0v) is 11.3. The zero-order chi connectivity index (χ0) is 13.9. The molecule has 2 aliphatic carbocycles. The summed E-state index contributed by atoms with van der Waals surface area (Å²) in [5.74, 6) is 0.981. The fourth-order valence-corrected chi connectivity index (χ4v) is 3.56. The minimum Gasteiger partial charge on any atom is -0.348 e. The van der Waals surface area contributed by atoms with Gasteiger partial charge in [0.15, 0.2) is 0 Å². The third-order valence-corrected chi connectivity index (χ3v) is 4.53. The van der Waals surface area contributed by atoms with Crippen LogP contribution in [0.3, 0.4) is 0 Å². The SMILES string of the molecule is O=C(NCC1CC2CCC1C2)C(=O)Nc1cccnc1. The van der Waals surface area contributed by atoms with Crippen molar-refractivity contribution < 1.29 is 9.59 Å². The molecule has 2 N–H and O–H groups in total. The molecule has 1 aromatic heterocycles. The van der Waals surface area contributed by atoms with Crippen molar-refractivity contribution in [3.8, 4) is 0 Å². The van der Waals surface area contributed by atoms with Gasteiger partial charge in [-0.15, -0.1) is 0 Å². The lowest BCUT2D eigenvalue weighted by molar-refractivity contribution is -0.136. The van der Waals surface area contributed by atoms with E-state index in [0.29, 0.717) is 18.2 Å². The average molecular weight is 273 g/mol. The average Bonchev–Trinajstić information content (AvgIpc) is 3.08. The van der Waals surface area contributed by atoms with Crippen LogP contribution in [0.1, 0.15) is 25.7 Å². The van der Waals surface area contributed by atoms with E-state index in [-0.39, 0.29) is 0 Å². The van der Waals surface area contributed by atoms with Crippen LogP contribution < -0.4 is 10.6 Å². The lowest BCUT2D eigenvalue weighted by Crippen LogP contribution is -2.39. The highest BCUT2D eigenvalue weighted by molar-refractivity contribution is 6.39. The number of carbonyl (C=O) groups excluding carboxylic acids is 2. The molecular formula is C15H19N3O2. The minimum absolute atomic E-state index is 0.535. The van der Waals surface area contributed by atoms with Crippen LogP contribution in [0.15, 0.2) is 24.5 Å². The van der Waals surface area contributed by atoms with E-state index in [0.717, 1.165) is 11.8 Å². The number of amides is 2. The Kier molecular flexibility index (Phi) is 3.67. The summed E-state index contributed by atoms with van der Waals surface area (Å²) in [6.07, 6.45) is 8.27. The Labute approximate surface area is 118 Å². The lowest BCUT2D eigenvalue weighted by atomic mass is 9.89. The molecule has 0 aliphatic heterocycles. The van der Waals surface area contributed by atoms with Gasteiger partial charge in [-0.05, 0) is 49.1 Å². The van der Waals surface area contributed by atoms with Crippen molar-refractivity contribution in [1.82, 2.24) is 10.3 Å². The molecule has 20 heavy (non-hydrogen) atoms. The van der Waals surface area contributed by atoms with Crippen molar-refractivity contribution in [2.24, 2.45) is 17.8 Å². The summed E-state index contributed by atoms with van der Waals surface area (Å²) in [6, 6.07) is 3.41. The van der Waals surface area contributed by atoms with E-state index in [2.05, 4.69) is 15.6 Å². The molecule has 2 aliphatic rings. The van der Waals surface area contributed by atoms with Gasteiger partial charge in [-0.25, -0.2) is 0 Å². The Morgan fingerprint density at radius 1 is 1.25 bits per heavy atom. The molecule has 3 unspecified atom stereocenters. The molecule has 2 bridgehead atoms. The highest BCUT2D eigenvalue weighted by Gasteiger charge is 2.39. The first-order chi connectivity index (χ1) is 9.72. The number of aromatic nitrogens is 1. The first-order valence-electron chi connectivity index (χ1n) is 7.21. The predicted octanol–water partition coefficient (Wildman–Crippen LogP) is 1.57. The van der Waals surface area contributed by atoms with Crippen LogP contribution in [0.4, 0.5) is 5.69 Å². The molecule has 3 atom stereocenters. The molecule has 2 amide bonds. The molecule has 3 rings (SSSR count). The summed E-state index contributed by atoms with van der Waals surface area (Å²) in [5.41, 5.74) is 0.535. The van der Waals surface area contributed by atoms with Crippen molar-refractivity contribution in [3.05, 3.63) is 24.5 Å².